The zero-order valence-electron chi connectivity index (χ0n) is 14.0. The number of rotatable bonds is 16. The predicted octanol–water partition coefficient (Wildman–Crippen LogP) is 4.26. The summed E-state index contributed by atoms with van der Waals surface area (Å²) in [5.74, 6) is 0. The average Bonchev–Trinajstić information content (AvgIpc) is 2.44. The zero-order valence-corrected chi connectivity index (χ0v) is 14.8. The van der Waals surface area contributed by atoms with Gasteiger partial charge in [-0.2, -0.15) is 8.42 Å². The monoisotopic (exact) mass is 338 g/mol. The van der Waals surface area contributed by atoms with Crippen molar-refractivity contribution in [1.29, 1.82) is 0 Å². The summed E-state index contributed by atoms with van der Waals surface area (Å²) in [6.07, 6.45) is 14.0. The third-order valence-electron chi connectivity index (χ3n) is 3.80. The van der Waals surface area contributed by atoms with Crippen LogP contribution in [0.5, 0.6) is 0 Å². The van der Waals surface area contributed by atoms with Crippen LogP contribution in [0.2, 0.25) is 0 Å². The highest BCUT2D eigenvalue weighted by molar-refractivity contribution is 7.80. The van der Waals surface area contributed by atoms with Crippen LogP contribution in [0.1, 0.15) is 90.4 Å². The lowest BCUT2D eigenvalue weighted by Gasteiger charge is -2.09. The van der Waals surface area contributed by atoms with Crippen LogP contribution in [0.25, 0.3) is 0 Å². The van der Waals surface area contributed by atoms with Crippen molar-refractivity contribution in [2.75, 3.05) is 6.61 Å². The smallest absolute Gasteiger partial charge is 0.393 e. The molecule has 134 valence electrons. The van der Waals surface area contributed by atoms with E-state index in [2.05, 4.69) is 11.1 Å². The molecule has 0 spiro atoms. The normalized spacial score (nSPS) is 13.4. The molecule has 1 atom stereocenters. The van der Waals surface area contributed by atoms with Crippen molar-refractivity contribution in [1.82, 2.24) is 0 Å². The minimum atomic E-state index is -4.34. The number of hydrogen-bond acceptors (Lipinski definition) is 4. The third-order valence-corrected chi connectivity index (χ3v) is 4.27. The minimum absolute atomic E-state index is 0.0755. The summed E-state index contributed by atoms with van der Waals surface area (Å²) < 4.78 is 33.2. The molecule has 0 fully saturated rings. The minimum Gasteiger partial charge on any atom is -0.393 e. The highest BCUT2D eigenvalue weighted by Crippen LogP contribution is 2.13. The number of hydrogen-bond donors (Lipinski definition) is 2. The molecule has 0 bridgehead atoms. The molecule has 0 amide bonds. The van der Waals surface area contributed by atoms with E-state index in [1.807, 2.05) is 0 Å². The molecule has 2 N–H and O–H groups in total. The van der Waals surface area contributed by atoms with Crippen molar-refractivity contribution in [3.8, 4) is 0 Å². The lowest BCUT2D eigenvalue weighted by atomic mass is 10.0. The Balaban J connectivity index is 3.23. The fourth-order valence-electron chi connectivity index (χ4n) is 2.49. The molecule has 0 aliphatic carbocycles. The number of aliphatic hydroxyl groups excluding tert-OH is 1. The Morgan fingerprint density at radius 1 is 0.818 bits per heavy atom. The Kier molecular flexibility index (Phi) is 14.3. The van der Waals surface area contributed by atoms with Crippen LogP contribution < -0.4 is 0 Å². The summed E-state index contributed by atoms with van der Waals surface area (Å²) in [7, 11) is -4.34. The molecule has 0 saturated carbocycles. The maximum absolute atomic E-state index is 10.3. The third kappa shape index (κ3) is 17.9. The van der Waals surface area contributed by atoms with Crippen LogP contribution in [0.3, 0.4) is 0 Å². The van der Waals surface area contributed by atoms with Crippen molar-refractivity contribution in [2.45, 2.75) is 96.5 Å². The van der Waals surface area contributed by atoms with Crippen molar-refractivity contribution < 1.29 is 22.3 Å². The first-order valence-corrected chi connectivity index (χ1v) is 10.1. The maximum Gasteiger partial charge on any atom is 0.397 e. The molecule has 0 heterocycles. The van der Waals surface area contributed by atoms with Crippen molar-refractivity contribution >= 4 is 10.4 Å². The summed E-state index contributed by atoms with van der Waals surface area (Å²) in [5, 5.41) is 9.73. The van der Waals surface area contributed by atoms with E-state index in [1.165, 1.54) is 51.4 Å². The van der Waals surface area contributed by atoms with E-state index in [0.717, 1.165) is 19.3 Å². The van der Waals surface area contributed by atoms with E-state index in [4.69, 9.17) is 4.55 Å². The van der Waals surface area contributed by atoms with E-state index in [1.54, 1.807) is 0 Å². The summed E-state index contributed by atoms with van der Waals surface area (Å²) >= 11 is 0. The fraction of sp³-hybridized carbons (Fsp3) is 1.00. The maximum atomic E-state index is 10.3. The van der Waals surface area contributed by atoms with E-state index in [9.17, 15) is 13.5 Å². The highest BCUT2D eigenvalue weighted by Gasteiger charge is 2.07. The predicted molar refractivity (Wildman–Crippen MR) is 89.2 cm³/mol. The lowest BCUT2D eigenvalue weighted by molar-refractivity contribution is 0.139. The first-order valence-electron chi connectivity index (χ1n) is 8.75. The van der Waals surface area contributed by atoms with Gasteiger partial charge in [0, 0.05) is 0 Å². The second-order valence-electron chi connectivity index (χ2n) is 6.02. The molecule has 1 unspecified atom stereocenters. The van der Waals surface area contributed by atoms with E-state index < -0.39 is 16.5 Å². The molecular weight excluding hydrogens is 304 g/mol. The Morgan fingerprint density at radius 3 is 1.77 bits per heavy atom. The summed E-state index contributed by atoms with van der Waals surface area (Å²) in [5.41, 5.74) is 0. The molecule has 22 heavy (non-hydrogen) atoms. The van der Waals surface area contributed by atoms with Crippen molar-refractivity contribution in [3.63, 3.8) is 0 Å². The standard InChI is InChI=1S/C16H34O5S/c1-2-3-4-5-6-7-8-9-10-11-13-16(17)14-12-15-21-22(18,19)20/h16-17H,2-15H2,1H3,(H,18,19,20). The van der Waals surface area contributed by atoms with E-state index >= 15 is 0 Å². The Hall–Kier alpha value is -0.170. The van der Waals surface area contributed by atoms with Gasteiger partial charge in [0.2, 0.25) is 0 Å². The van der Waals surface area contributed by atoms with Crippen LogP contribution in [-0.2, 0) is 14.6 Å². The Labute approximate surface area is 136 Å². The van der Waals surface area contributed by atoms with Crippen LogP contribution in [0.15, 0.2) is 0 Å². The van der Waals surface area contributed by atoms with Crippen LogP contribution in [0, 0.1) is 0 Å². The highest BCUT2D eigenvalue weighted by atomic mass is 32.3. The Morgan fingerprint density at radius 2 is 1.27 bits per heavy atom. The van der Waals surface area contributed by atoms with Gasteiger partial charge in [-0.25, -0.2) is 4.18 Å². The van der Waals surface area contributed by atoms with Crippen molar-refractivity contribution in [3.05, 3.63) is 0 Å². The molecule has 6 heteroatoms. The van der Waals surface area contributed by atoms with Gasteiger partial charge in [0.15, 0.2) is 0 Å². The van der Waals surface area contributed by atoms with Gasteiger partial charge < -0.3 is 5.11 Å². The zero-order chi connectivity index (χ0) is 16.7. The quantitative estimate of drug-likeness (QED) is 0.324. The van der Waals surface area contributed by atoms with E-state index in [0.29, 0.717) is 12.8 Å². The van der Waals surface area contributed by atoms with Gasteiger partial charge in [-0.05, 0) is 19.3 Å². The fourth-order valence-corrected chi connectivity index (χ4v) is 2.82. The molecule has 0 aliphatic heterocycles. The van der Waals surface area contributed by atoms with Crippen LogP contribution in [0.4, 0.5) is 0 Å². The molecule has 0 aromatic rings. The molecular formula is C16H34O5S. The van der Waals surface area contributed by atoms with E-state index in [-0.39, 0.29) is 6.61 Å². The first kappa shape index (κ1) is 21.8. The van der Waals surface area contributed by atoms with Gasteiger partial charge in [-0.15, -0.1) is 0 Å². The van der Waals surface area contributed by atoms with Crippen LogP contribution >= 0.6 is 0 Å². The average molecular weight is 339 g/mol. The molecule has 0 aromatic heterocycles. The van der Waals surface area contributed by atoms with Crippen molar-refractivity contribution in [2.24, 2.45) is 0 Å². The van der Waals surface area contributed by atoms with Gasteiger partial charge >= 0.3 is 10.4 Å². The second kappa shape index (κ2) is 14.4. The molecule has 0 aromatic carbocycles. The number of unbranched alkanes of at least 4 members (excludes halogenated alkanes) is 9. The van der Waals surface area contributed by atoms with Gasteiger partial charge in [-0.1, -0.05) is 71.1 Å². The number of aliphatic hydroxyl groups is 1. The summed E-state index contributed by atoms with van der Waals surface area (Å²) in [4.78, 5) is 0. The largest absolute Gasteiger partial charge is 0.397 e. The molecule has 5 nitrogen and oxygen atoms in total. The first-order chi connectivity index (χ1) is 10.5. The topological polar surface area (TPSA) is 83.8 Å². The van der Waals surface area contributed by atoms with Gasteiger partial charge in [0.1, 0.15) is 0 Å². The summed E-state index contributed by atoms with van der Waals surface area (Å²) in [6, 6.07) is 0. The van der Waals surface area contributed by atoms with Crippen LogP contribution in [-0.4, -0.2) is 30.8 Å². The molecule has 0 aliphatic rings. The van der Waals surface area contributed by atoms with Gasteiger partial charge in [-0.3, -0.25) is 4.55 Å². The lowest BCUT2D eigenvalue weighted by Crippen LogP contribution is -2.10. The SMILES string of the molecule is CCCCCCCCCCCCC(O)CCCOS(=O)(=O)O. The van der Waals surface area contributed by atoms with Gasteiger partial charge in [0.05, 0.1) is 12.7 Å². The Bertz CT molecular complexity index is 329. The molecule has 0 rings (SSSR count). The summed E-state index contributed by atoms with van der Waals surface area (Å²) in [6.45, 7) is 2.16. The molecule has 0 radical (unpaired) electrons. The second-order valence-corrected chi connectivity index (χ2v) is 7.11. The van der Waals surface area contributed by atoms with Gasteiger partial charge in [0.25, 0.3) is 0 Å². The molecule has 0 saturated heterocycles.